The number of rotatable bonds is 7. The number of fused-ring (bicyclic) bond motifs is 1. The van der Waals surface area contributed by atoms with E-state index < -0.39 is 5.91 Å². The first-order valence-electron chi connectivity index (χ1n) is 10.8. The Morgan fingerprint density at radius 3 is 2.59 bits per heavy atom. The second kappa shape index (κ2) is 10.4. The van der Waals surface area contributed by atoms with Gasteiger partial charge in [-0.25, -0.2) is 0 Å². The number of nitriles is 1. The van der Waals surface area contributed by atoms with Crippen LogP contribution in [0.15, 0.2) is 90.5 Å². The van der Waals surface area contributed by atoms with Crippen molar-refractivity contribution in [1.82, 2.24) is 0 Å². The van der Waals surface area contributed by atoms with Crippen LogP contribution < -0.4 is 14.8 Å². The molecular formula is C29H24N2O3. The van der Waals surface area contributed by atoms with Crippen molar-refractivity contribution in [2.45, 2.75) is 13.5 Å². The van der Waals surface area contributed by atoms with E-state index in [1.165, 1.54) is 6.08 Å². The molecule has 0 aliphatic carbocycles. The number of methoxy groups -OCH3 is 1. The Labute approximate surface area is 198 Å². The number of nitrogens with one attached hydrogen (secondary N) is 1. The summed E-state index contributed by atoms with van der Waals surface area (Å²) in [6, 6.07) is 28.9. The lowest BCUT2D eigenvalue weighted by molar-refractivity contribution is -0.112. The average Bonchev–Trinajstić information content (AvgIpc) is 2.86. The molecule has 4 rings (SSSR count). The van der Waals surface area contributed by atoms with Gasteiger partial charge in [-0.05, 0) is 59.2 Å². The number of hydrogen-bond donors (Lipinski definition) is 1. The van der Waals surface area contributed by atoms with Gasteiger partial charge in [0.1, 0.15) is 29.7 Å². The van der Waals surface area contributed by atoms with E-state index in [0.717, 1.165) is 21.9 Å². The third kappa shape index (κ3) is 5.25. The molecule has 0 fully saturated rings. The topological polar surface area (TPSA) is 71.3 Å². The third-order valence-electron chi connectivity index (χ3n) is 5.42. The monoisotopic (exact) mass is 448 g/mol. The number of benzene rings is 4. The van der Waals surface area contributed by atoms with Gasteiger partial charge in [-0.1, -0.05) is 54.6 Å². The summed E-state index contributed by atoms with van der Waals surface area (Å²) < 4.78 is 11.5. The van der Waals surface area contributed by atoms with Gasteiger partial charge in [0, 0.05) is 17.3 Å². The molecule has 1 N–H and O–H groups in total. The van der Waals surface area contributed by atoms with Crippen molar-refractivity contribution in [1.29, 1.82) is 5.26 Å². The maximum atomic E-state index is 12.8. The van der Waals surface area contributed by atoms with E-state index in [4.69, 9.17) is 9.47 Å². The zero-order valence-corrected chi connectivity index (χ0v) is 19.0. The molecule has 0 unspecified atom stereocenters. The molecule has 0 saturated heterocycles. The largest absolute Gasteiger partial charge is 0.497 e. The number of anilines is 1. The number of carbonyl (C=O) groups is 1. The first-order valence-corrected chi connectivity index (χ1v) is 10.8. The predicted octanol–water partition coefficient (Wildman–Crippen LogP) is 6.28. The fourth-order valence-electron chi connectivity index (χ4n) is 3.69. The Kier molecular flexibility index (Phi) is 6.90. The van der Waals surface area contributed by atoms with Gasteiger partial charge < -0.3 is 14.8 Å². The molecule has 5 nitrogen and oxygen atoms in total. The van der Waals surface area contributed by atoms with E-state index in [2.05, 4.69) is 23.5 Å². The molecule has 1 amide bonds. The Morgan fingerprint density at radius 1 is 1.00 bits per heavy atom. The van der Waals surface area contributed by atoms with Crippen molar-refractivity contribution in [3.63, 3.8) is 0 Å². The lowest BCUT2D eigenvalue weighted by atomic mass is 10.1. The van der Waals surface area contributed by atoms with Crippen LogP contribution in [0.1, 0.15) is 16.7 Å². The molecule has 0 saturated carbocycles. The van der Waals surface area contributed by atoms with Gasteiger partial charge in [-0.15, -0.1) is 0 Å². The SMILES string of the molecule is COc1ccc(/C=C(\C#N)C(=O)Nc2cccc(C)c2)c(OCc2cccc3ccccc23)c1. The van der Waals surface area contributed by atoms with Gasteiger partial charge in [-0.2, -0.15) is 5.26 Å². The fraction of sp³-hybridized carbons (Fsp3) is 0.103. The quantitative estimate of drug-likeness (QED) is 0.267. The van der Waals surface area contributed by atoms with Crippen LogP contribution in [0.25, 0.3) is 16.8 Å². The maximum Gasteiger partial charge on any atom is 0.266 e. The molecule has 0 aliphatic rings. The lowest BCUT2D eigenvalue weighted by Gasteiger charge is -2.13. The minimum absolute atomic E-state index is 0.0262. The molecule has 34 heavy (non-hydrogen) atoms. The highest BCUT2D eigenvalue weighted by molar-refractivity contribution is 6.09. The average molecular weight is 449 g/mol. The van der Waals surface area contributed by atoms with Crippen LogP contribution in [-0.4, -0.2) is 13.0 Å². The van der Waals surface area contributed by atoms with Crippen molar-refractivity contribution < 1.29 is 14.3 Å². The molecule has 0 radical (unpaired) electrons. The van der Waals surface area contributed by atoms with Crippen molar-refractivity contribution in [3.8, 4) is 17.6 Å². The van der Waals surface area contributed by atoms with E-state index in [-0.39, 0.29) is 5.57 Å². The summed E-state index contributed by atoms with van der Waals surface area (Å²) in [6.45, 7) is 2.26. The number of ether oxygens (including phenoxy) is 2. The van der Waals surface area contributed by atoms with Crippen molar-refractivity contribution in [2.24, 2.45) is 0 Å². The Hall–Kier alpha value is -4.56. The van der Waals surface area contributed by atoms with Gasteiger partial charge in [0.2, 0.25) is 0 Å². The standard InChI is InChI=1S/C29H24N2O3/c1-20-7-5-11-25(15-20)31-29(32)24(18-30)16-22-13-14-26(33-2)17-28(22)34-19-23-10-6-9-21-8-3-4-12-27(21)23/h3-17H,19H2,1-2H3,(H,31,32)/b24-16+. The summed E-state index contributed by atoms with van der Waals surface area (Å²) in [7, 11) is 1.58. The summed E-state index contributed by atoms with van der Waals surface area (Å²) in [5, 5.41) is 14.7. The van der Waals surface area contributed by atoms with E-state index in [1.807, 2.05) is 55.5 Å². The summed E-state index contributed by atoms with van der Waals surface area (Å²) >= 11 is 0. The van der Waals surface area contributed by atoms with E-state index in [9.17, 15) is 10.1 Å². The maximum absolute atomic E-state index is 12.8. The molecule has 168 valence electrons. The highest BCUT2D eigenvalue weighted by atomic mass is 16.5. The van der Waals surface area contributed by atoms with Crippen molar-refractivity contribution >= 4 is 28.4 Å². The smallest absolute Gasteiger partial charge is 0.266 e. The Balaban J connectivity index is 1.62. The number of nitrogens with zero attached hydrogens (tertiary/aromatic N) is 1. The number of carbonyl (C=O) groups excluding carboxylic acids is 1. The van der Waals surface area contributed by atoms with E-state index in [1.54, 1.807) is 31.4 Å². The number of hydrogen-bond acceptors (Lipinski definition) is 4. The highest BCUT2D eigenvalue weighted by Gasteiger charge is 2.13. The normalized spacial score (nSPS) is 11.0. The van der Waals surface area contributed by atoms with E-state index >= 15 is 0 Å². The summed E-state index contributed by atoms with van der Waals surface area (Å²) in [6.07, 6.45) is 1.53. The van der Waals surface area contributed by atoms with Crippen LogP contribution >= 0.6 is 0 Å². The molecule has 4 aromatic carbocycles. The second-order valence-corrected chi connectivity index (χ2v) is 7.82. The molecule has 0 spiro atoms. The summed E-state index contributed by atoms with van der Waals surface area (Å²) in [5.74, 6) is 0.653. The van der Waals surface area contributed by atoms with Crippen LogP contribution in [0.5, 0.6) is 11.5 Å². The molecule has 0 aromatic heterocycles. The molecule has 0 bridgehead atoms. The Morgan fingerprint density at radius 2 is 1.79 bits per heavy atom. The minimum Gasteiger partial charge on any atom is -0.497 e. The molecule has 4 aromatic rings. The zero-order valence-electron chi connectivity index (χ0n) is 19.0. The predicted molar refractivity (Wildman–Crippen MR) is 135 cm³/mol. The lowest BCUT2D eigenvalue weighted by Crippen LogP contribution is -2.13. The van der Waals surface area contributed by atoms with E-state index in [0.29, 0.717) is 29.4 Å². The van der Waals surface area contributed by atoms with Gasteiger partial charge in [0.25, 0.3) is 5.91 Å². The van der Waals surface area contributed by atoms with Gasteiger partial charge in [-0.3, -0.25) is 4.79 Å². The summed E-state index contributed by atoms with van der Waals surface area (Å²) in [4.78, 5) is 12.8. The van der Waals surface area contributed by atoms with Crippen LogP contribution in [0.2, 0.25) is 0 Å². The third-order valence-corrected chi connectivity index (χ3v) is 5.42. The first kappa shape index (κ1) is 22.6. The first-order chi connectivity index (χ1) is 16.6. The fourth-order valence-corrected chi connectivity index (χ4v) is 3.69. The van der Waals surface area contributed by atoms with Crippen molar-refractivity contribution in [2.75, 3.05) is 12.4 Å². The Bertz CT molecular complexity index is 1410. The van der Waals surface area contributed by atoms with Crippen LogP contribution in [-0.2, 0) is 11.4 Å². The van der Waals surface area contributed by atoms with Crippen LogP contribution in [0.4, 0.5) is 5.69 Å². The molecule has 5 heteroatoms. The molecule has 0 atom stereocenters. The van der Waals surface area contributed by atoms with Crippen LogP contribution in [0, 0.1) is 18.3 Å². The minimum atomic E-state index is -0.482. The summed E-state index contributed by atoms with van der Waals surface area (Å²) in [5.41, 5.74) is 3.26. The van der Waals surface area contributed by atoms with Crippen LogP contribution in [0.3, 0.4) is 0 Å². The molecular weight excluding hydrogens is 424 g/mol. The van der Waals surface area contributed by atoms with Crippen molar-refractivity contribution in [3.05, 3.63) is 107 Å². The molecule has 0 aliphatic heterocycles. The van der Waals surface area contributed by atoms with Gasteiger partial charge in [0.15, 0.2) is 0 Å². The second-order valence-electron chi connectivity index (χ2n) is 7.82. The number of aryl methyl sites for hydroxylation is 1. The zero-order chi connectivity index (χ0) is 23.9. The number of amides is 1. The van der Waals surface area contributed by atoms with Gasteiger partial charge in [0.05, 0.1) is 7.11 Å². The molecule has 0 heterocycles. The highest BCUT2D eigenvalue weighted by Crippen LogP contribution is 2.29. The van der Waals surface area contributed by atoms with Gasteiger partial charge >= 0.3 is 0 Å².